The van der Waals surface area contributed by atoms with E-state index in [4.69, 9.17) is 23.2 Å². The van der Waals surface area contributed by atoms with Crippen LogP contribution in [0.2, 0.25) is 0 Å². The van der Waals surface area contributed by atoms with Crippen molar-refractivity contribution in [3.63, 3.8) is 0 Å². The Kier molecular flexibility index (Phi) is 5.89. The smallest absolute Gasteiger partial charge is 0.107 e. The Balaban J connectivity index is 2.42. The van der Waals surface area contributed by atoms with Crippen molar-refractivity contribution in [1.29, 1.82) is 0 Å². The number of alkyl halides is 2. The van der Waals surface area contributed by atoms with Crippen molar-refractivity contribution in [2.24, 2.45) is 0 Å². The Hall–Kier alpha value is -0.330. The van der Waals surface area contributed by atoms with Crippen LogP contribution in [0.25, 0.3) is 0 Å². The van der Waals surface area contributed by atoms with Crippen molar-refractivity contribution < 1.29 is 0 Å². The fourth-order valence-corrected chi connectivity index (χ4v) is 1.77. The molecule has 1 rings (SSSR count). The quantitative estimate of drug-likeness (QED) is 0.501. The van der Waals surface area contributed by atoms with Crippen molar-refractivity contribution in [2.75, 3.05) is 31.4 Å². The van der Waals surface area contributed by atoms with Gasteiger partial charge in [-0.05, 0) is 0 Å². The lowest BCUT2D eigenvalue weighted by Crippen LogP contribution is -2.29. The third-order valence-corrected chi connectivity index (χ3v) is 2.32. The van der Waals surface area contributed by atoms with Crippen molar-refractivity contribution in [2.45, 2.75) is 0 Å². The Morgan fingerprint density at radius 3 is 2.43 bits per heavy atom. The molecule has 0 spiro atoms. The number of allylic oxidation sites excluding steroid dienone is 4. The summed E-state index contributed by atoms with van der Waals surface area (Å²) in [6, 6.07) is 0. The summed E-state index contributed by atoms with van der Waals surface area (Å²) >= 11 is 11.4. The van der Waals surface area contributed by atoms with E-state index >= 15 is 0 Å². The molecule has 0 aromatic heterocycles. The maximum Gasteiger partial charge on any atom is 0.107 e. The van der Waals surface area contributed by atoms with Crippen LogP contribution >= 0.6 is 23.2 Å². The molecule has 14 heavy (non-hydrogen) atoms. The highest BCUT2D eigenvalue weighted by molar-refractivity contribution is 6.18. The molecule has 0 bridgehead atoms. The molecule has 3 heteroatoms. The first kappa shape index (κ1) is 11.7. The van der Waals surface area contributed by atoms with Gasteiger partial charge in [-0.3, -0.25) is 4.90 Å². The Morgan fingerprint density at radius 2 is 1.93 bits per heavy atom. The molecule has 0 heterocycles. The van der Waals surface area contributed by atoms with Gasteiger partial charge in [0.15, 0.2) is 0 Å². The van der Waals surface area contributed by atoms with Crippen molar-refractivity contribution in [1.82, 2.24) is 4.90 Å². The summed E-state index contributed by atoms with van der Waals surface area (Å²) in [5, 5.41) is 0. The largest absolute Gasteiger partial charge is 0.286 e. The van der Waals surface area contributed by atoms with Crippen LogP contribution < -0.4 is 0 Å². The van der Waals surface area contributed by atoms with Gasteiger partial charge >= 0.3 is 0 Å². The van der Waals surface area contributed by atoms with E-state index in [2.05, 4.69) is 17.1 Å². The van der Waals surface area contributed by atoms with Crippen molar-refractivity contribution in [3.8, 4) is 0 Å². The predicted molar refractivity (Wildman–Crippen MR) is 62.9 cm³/mol. The van der Waals surface area contributed by atoms with E-state index in [1.165, 1.54) is 5.57 Å². The maximum absolute atomic E-state index is 5.71. The third-order valence-electron chi connectivity index (χ3n) is 1.98. The van der Waals surface area contributed by atoms with E-state index < -0.39 is 0 Å². The van der Waals surface area contributed by atoms with E-state index in [0.29, 0.717) is 11.8 Å². The molecule has 0 aromatic rings. The van der Waals surface area contributed by atoms with Gasteiger partial charge in [0, 0.05) is 37.0 Å². The van der Waals surface area contributed by atoms with Crippen LogP contribution in [-0.2, 0) is 0 Å². The molecule has 76 valence electrons. The number of hydrogen-bond donors (Lipinski definition) is 0. The standard InChI is InChI=1S/C11H14Cl2N/c12-6-8-14(9-7-13)10-11-4-2-1-3-5-11/h1-2,4-5H,6-10H2/q+1. The minimum Gasteiger partial charge on any atom is -0.286 e. The molecule has 0 radical (unpaired) electrons. The average molecular weight is 231 g/mol. The van der Waals surface area contributed by atoms with Gasteiger partial charge < -0.3 is 0 Å². The van der Waals surface area contributed by atoms with Crippen LogP contribution in [0, 0.1) is 6.08 Å². The molecule has 0 aromatic carbocycles. The summed E-state index contributed by atoms with van der Waals surface area (Å²) in [6.45, 7) is 2.66. The summed E-state index contributed by atoms with van der Waals surface area (Å²) in [4.78, 5) is 2.24. The summed E-state index contributed by atoms with van der Waals surface area (Å²) in [5.41, 5.74) is 1.25. The van der Waals surface area contributed by atoms with E-state index in [0.717, 1.165) is 19.6 Å². The van der Waals surface area contributed by atoms with Gasteiger partial charge in [0.05, 0.1) is 18.2 Å². The van der Waals surface area contributed by atoms with Crippen LogP contribution in [-0.4, -0.2) is 36.3 Å². The van der Waals surface area contributed by atoms with Gasteiger partial charge in [-0.15, -0.1) is 23.2 Å². The lowest BCUT2D eigenvalue weighted by atomic mass is 10.1. The van der Waals surface area contributed by atoms with Gasteiger partial charge in [-0.25, -0.2) is 0 Å². The maximum atomic E-state index is 5.71. The van der Waals surface area contributed by atoms with Crippen molar-refractivity contribution in [3.05, 3.63) is 36.0 Å². The molecule has 0 atom stereocenters. The third kappa shape index (κ3) is 4.26. The van der Waals surface area contributed by atoms with Gasteiger partial charge in [0.1, 0.15) is 12.2 Å². The zero-order chi connectivity index (χ0) is 10.2. The second-order valence-corrected chi connectivity index (χ2v) is 3.82. The van der Waals surface area contributed by atoms with Crippen molar-refractivity contribution >= 4 is 23.2 Å². The summed E-state index contributed by atoms with van der Waals surface area (Å²) in [6.07, 6.45) is 11.0. The minimum absolute atomic E-state index is 0.646. The van der Waals surface area contributed by atoms with Crippen LogP contribution in [0.5, 0.6) is 0 Å². The van der Waals surface area contributed by atoms with E-state index in [9.17, 15) is 0 Å². The molecular weight excluding hydrogens is 217 g/mol. The van der Waals surface area contributed by atoms with Crippen LogP contribution in [0.4, 0.5) is 0 Å². The molecule has 0 aliphatic heterocycles. The first-order chi connectivity index (χ1) is 6.86. The van der Waals surface area contributed by atoms with Crippen LogP contribution in [0.3, 0.4) is 0 Å². The molecule has 0 N–H and O–H groups in total. The average Bonchev–Trinajstić information content (AvgIpc) is 2.20. The minimum atomic E-state index is 0.646. The highest BCUT2D eigenvalue weighted by Gasteiger charge is 2.09. The second kappa shape index (κ2) is 7.03. The Morgan fingerprint density at radius 1 is 1.21 bits per heavy atom. The molecule has 0 fully saturated rings. The topological polar surface area (TPSA) is 3.24 Å². The van der Waals surface area contributed by atoms with E-state index in [-0.39, 0.29) is 0 Å². The number of hydrogen-bond acceptors (Lipinski definition) is 1. The fourth-order valence-electron chi connectivity index (χ4n) is 1.30. The molecule has 0 saturated carbocycles. The zero-order valence-electron chi connectivity index (χ0n) is 8.05. The molecule has 0 saturated heterocycles. The van der Waals surface area contributed by atoms with Gasteiger partial charge in [-0.2, -0.15) is 0 Å². The highest BCUT2D eigenvalue weighted by atomic mass is 35.5. The second-order valence-electron chi connectivity index (χ2n) is 3.07. The van der Waals surface area contributed by atoms with E-state index in [1.807, 2.05) is 18.2 Å². The zero-order valence-corrected chi connectivity index (χ0v) is 9.56. The lowest BCUT2D eigenvalue weighted by Gasteiger charge is -2.17. The normalized spacial score (nSPS) is 14.4. The summed E-state index contributed by atoms with van der Waals surface area (Å²) < 4.78 is 0. The molecule has 1 nitrogen and oxygen atoms in total. The summed E-state index contributed by atoms with van der Waals surface area (Å²) in [5.74, 6) is 1.29. The highest BCUT2D eigenvalue weighted by Crippen LogP contribution is 2.06. The first-order valence-electron chi connectivity index (χ1n) is 4.66. The Bertz CT molecular complexity index is 238. The molecule has 1 aliphatic rings. The van der Waals surface area contributed by atoms with Gasteiger partial charge in [0.2, 0.25) is 0 Å². The van der Waals surface area contributed by atoms with E-state index in [1.54, 1.807) is 0 Å². The lowest BCUT2D eigenvalue weighted by molar-refractivity contribution is 0.336. The number of rotatable bonds is 6. The SMILES string of the molecule is ClCCN(CCCl)CC1=CC=C[C+]=C1. The molecule has 0 amide bonds. The molecule has 0 unspecified atom stereocenters. The van der Waals surface area contributed by atoms with Gasteiger partial charge in [0.25, 0.3) is 0 Å². The monoisotopic (exact) mass is 230 g/mol. The molecule has 1 aliphatic carbocycles. The van der Waals surface area contributed by atoms with Crippen LogP contribution in [0.1, 0.15) is 0 Å². The Labute approximate surface area is 95.7 Å². The number of nitrogens with zero attached hydrogens (tertiary/aromatic N) is 1. The number of halogens is 2. The first-order valence-corrected chi connectivity index (χ1v) is 5.73. The fraction of sp³-hybridized carbons (Fsp3) is 0.455. The predicted octanol–water partition coefficient (Wildman–Crippen LogP) is 2.62. The van der Waals surface area contributed by atoms with Crippen LogP contribution in [0.15, 0.2) is 29.9 Å². The van der Waals surface area contributed by atoms with Gasteiger partial charge in [-0.1, -0.05) is 0 Å². The summed E-state index contributed by atoms with van der Waals surface area (Å²) in [7, 11) is 0. The molecular formula is C11H14Cl2N+.